The van der Waals surface area contributed by atoms with Crippen molar-refractivity contribution in [2.45, 2.75) is 25.2 Å². The molecule has 0 atom stereocenters. The highest BCUT2D eigenvalue weighted by Crippen LogP contribution is 2.37. The van der Waals surface area contributed by atoms with Crippen molar-refractivity contribution in [1.82, 2.24) is 19.9 Å². The van der Waals surface area contributed by atoms with E-state index in [1.165, 1.54) is 12.8 Å². The van der Waals surface area contributed by atoms with E-state index in [1.807, 2.05) is 23.1 Å². The van der Waals surface area contributed by atoms with Crippen molar-refractivity contribution in [2.75, 3.05) is 36.4 Å². The number of carbonyl (C=O) groups is 1. The molecule has 1 N–H and O–H groups in total. The third-order valence-electron chi connectivity index (χ3n) is 4.62. The highest BCUT2D eigenvalue weighted by molar-refractivity contribution is 5.89. The van der Waals surface area contributed by atoms with Gasteiger partial charge in [-0.05, 0) is 31.4 Å². The topological polar surface area (TPSA) is 74.2 Å². The molecule has 1 saturated heterocycles. The van der Waals surface area contributed by atoms with Crippen molar-refractivity contribution in [1.29, 1.82) is 0 Å². The number of carbonyl (C=O) groups excluding carboxylic acids is 1. The average molecular weight is 338 g/mol. The molecule has 2 aromatic heterocycles. The molecule has 1 aliphatic heterocycles. The zero-order valence-corrected chi connectivity index (χ0v) is 14.1. The monoisotopic (exact) mass is 338 g/mol. The smallest absolute Gasteiger partial charge is 0.321 e. The Kier molecular flexibility index (Phi) is 4.45. The first-order chi connectivity index (χ1) is 12.3. The average Bonchev–Trinajstić information content (AvgIpc) is 3.50. The summed E-state index contributed by atoms with van der Waals surface area (Å²) >= 11 is 0. The van der Waals surface area contributed by atoms with Crippen LogP contribution in [0.15, 0.2) is 36.8 Å². The first kappa shape index (κ1) is 15.8. The lowest BCUT2D eigenvalue weighted by Crippen LogP contribution is -2.38. The summed E-state index contributed by atoms with van der Waals surface area (Å²) in [6, 6.07) is 5.82. The molecule has 130 valence electrons. The van der Waals surface area contributed by atoms with Crippen LogP contribution in [-0.2, 0) is 0 Å². The summed E-state index contributed by atoms with van der Waals surface area (Å²) in [5.74, 6) is 2.38. The Bertz CT molecular complexity index is 716. The Balaban J connectivity index is 1.34. The number of aromatic nitrogens is 3. The fourth-order valence-corrected chi connectivity index (χ4v) is 3.05. The normalized spacial score (nSPS) is 17.9. The van der Waals surface area contributed by atoms with Crippen molar-refractivity contribution in [2.24, 2.45) is 0 Å². The van der Waals surface area contributed by atoms with Crippen LogP contribution in [-0.4, -0.2) is 52.1 Å². The van der Waals surface area contributed by atoms with Gasteiger partial charge in [0.05, 0.1) is 18.1 Å². The first-order valence-corrected chi connectivity index (χ1v) is 8.83. The zero-order valence-electron chi connectivity index (χ0n) is 14.1. The Labute approximate surface area is 147 Å². The van der Waals surface area contributed by atoms with Crippen molar-refractivity contribution in [3.8, 4) is 0 Å². The number of hydrogen-bond acceptors (Lipinski definition) is 5. The summed E-state index contributed by atoms with van der Waals surface area (Å²) in [5.41, 5.74) is 0.653. The van der Waals surface area contributed by atoms with Crippen LogP contribution < -0.4 is 10.2 Å². The summed E-state index contributed by atoms with van der Waals surface area (Å²) in [5, 5.41) is 2.91. The second kappa shape index (κ2) is 7.04. The molecule has 7 heteroatoms. The van der Waals surface area contributed by atoms with Crippen LogP contribution in [0, 0.1) is 0 Å². The highest BCUT2D eigenvalue weighted by atomic mass is 16.2. The number of hydrogen-bond donors (Lipinski definition) is 1. The maximum Gasteiger partial charge on any atom is 0.321 e. The molecule has 4 rings (SSSR count). The van der Waals surface area contributed by atoms with Gasteiger partial charge in [-0.15, -0.1) is 0 Å². The van der Waals surface area contributed by atoms with Crippen LogP contribution in [0.5, 0.6) is 0 Å². The minimum atomic E-state index is -0.0920. The van der Waals surface area contributed by atoms with Gasteiger partial charge in [0.2, 0.25) is 0 Å². The van der Waals surface area contributed by atoms with E-state index in [2.05, 4.69) is 25.2 Å². The highest BCUT2D eigenvalue weighted by Gasteiger charge is 2.26. The molecule has 0 radical (unpaired) electrons. The number of urea groups is 1. The Morgan fingerprint density at radius 3 is 2.60 bits per heavy atom. The van der Waals surface area contributed by atoms with Crippen molar-refractivity contribution in [3.05, 3.63) is 42.6 Å². The molecule has 2 amide bonds. The quantitative estimate of drug-likeness (QED) is 0.931. The van der Waals surface area contributed by atoms with Gasteiger partial charge in [-0.2, -0.15) is 0 Å². The van der Waals surface area contributed by atoms with E-state index in [0.717, 1.165) is 37.7 Å². The molecule has 1 saturated carbocycles. The lowest BCUT2D eigenvalue weighted by Gasteiger charge is -2.23. The summed E-state index contributed by atoms with van der Waals surface area (Å²) in [6.07, 6.45) is 8.47. The lowest BCUT2D eigenvalue weighted by molar-refractivity contribution is 0.215. The summed E-state index contributed by atoms with van der Waals surface area (Å²) in [7, 11) is 0. The minimum Gasteiger partial charge on any atom is -0.355 e. The van der Waals surface area contributed by atoms with Crippen LogP contribution in [0.4, 0.5) is 16.3 Å². The van der Waals surface area contributed by atoms with Gasteiger partial charge in [0.1, 0.15) is 11.6 Å². The van der Waals surface area contributed by atoms with E-state index in [0.29, 0.717) is 18.2 Å². The van der Waals surface area contributed by atoms with Gasteiger partial charge in [-0.25, -0.2) is 19.7 Å². The Morgan fingerprint density at radius 2 is 1.88 bits per heavy atom. The fraction of sp³-hybridized carbons (Fsp3) is 0.444. The maximum atomic E-state index is 12.5. The van der Waals surface area contributed by atoms with E-state index in [4.69, 9.17) is 0 Å². The van der Waals surface area contributed by atoms with Gasteiger partial charge in [0.25, 0.3) is 0 Å². The van der Waals surface area contributed by atoms with Crippen molar-refractivity contribution in [3.63, 3.8) is 0 Å². The summed E-state index contributed by atoms with van der Waals surface area (Å²) in [4.78, 5) is 29.7. The van der Waals surface area contributed by atoms with Gasteiger partial charge in [0.15, 0.2) is 0 Å². The largest absolute Gasteiger partial charge is 0.355 e. The van der Waals surface area contributed by atoms with E-state index < -0.39 is 0 Å². The Morgan fingerprint density at radius 1 is 1.04 bits per heavy atom. The number of anilines is 2. The fourth-order valence-electron chi connectivity index (χ4n) is 3.05. The van der Waals surface area contributed by atoms with E-state index in [-0.39, 0.29) is 6.03 Å². The molecule has 0 aromatic carbocycles. The SMILES string of the molecule is O=C(Nc1cnc(C2CC2)nc1)N1CCCN(c2ccccn2)CC1. The standard InChI is InChI=1S/C18H22N6O/c25-18(22-15-12-20-17(21-13-15)14-5-6-14)24-9-3-8-23(10-11-24)16-4-1-2-7-19-16/h1-2,4,7,12-14H,3,5-6,8-11H2,(H,22,25). The van der Waals surface area contributed by atoms with Gasteiger partial charge < -0.3 is 15.1 Å². The summed E-state index contributed by atoms with van der Waals surface area (Å²) in [6.45, 7) is 3.08. The van der Waals surface area contributed by atoms with Crippen LogP contribution in [0.2, 0.25) is 0 Å². The van der Waals surface area contributed by atoms with E-state index in [1.54, 1.807) is 18.6 Å². The molecular formula is C18H22N6O. The molecule has 7 nitrogen and oxygen atoms in total. The second-order valence-electron chi connectivity index (χ2n) is 6.55. The van der Waals surface area contributed by atoms with Crippen LogP contribution in [0.3, 0.4) is 0 Å². The zero-order chi connectivity index (χ0) is 17.1. The van der Waals surface area contributed by atoms with Crippen LogP contribution in [0.25, 0.3) is 0 Å². The molecule has 1 aliphatic carbocycles. The molecule has 2 aromatic rings. The van der Waals surface area contributed by atoms with Crippen molar-refractivity contribution >= 4 is 17.5 Å². The van der Waals surface area contributed by atoms with Gasteiger partial charge >= 0.3 is 6.03 Å². The van der Waals surface area contributed by atoms with E-state index in [9.17, 15) is 4.79 Å². The molecule has 2 fully saturated rings. The third kappa shape index (κ3) is 3.87. The van der Waals surface area contributed by atoms with Gasteiger partial charge in [-0.1, -0.05) is 6.07 Å². The molecule has 25 heavy (non-hydrogen) atoms. The third-order valence-corrected chi connectivity index (χ3v) is 4.62. The number of nitrogens with zero attached hydrogens (tertiary/aromatic N) is 5. The molecule has 3 heterocycles. The van der Waals surface area contributed by atoms with Crippen LogP contribution in [0.1, 0.15) is 31.0 Å². The van der Waals surface area contributed by atoms with Crippen LogP contribution >= 0.6 is 0 Å². The number of pyridine rings is 1. The Hall–Kier alpha value is -2.70. The molecule has 0 unspecified atom stereocenters. The maximum absolute atomic E-state index is 12.5. The molecule has 2 aliphatic rings. The first-order valence-electron chi connectivity index (χ1n) is 8.83. The summed E-state index contributed by atoms with van der Waals surface area (Å²) < 4.78 is 0. The van der Waals surface area contributed by atoms with E-state index >= 15 is 0 Å². The predicted octanol–water partition coefficient (Wildman–Crippen LogP) is 2.49. The molecule has 0 spiro atoms. The number of amides is 2. The number of nitrogens with one attached hydrogen (secondary N) is 1. The molecule has 0 bridgehead atoms. The minimum absolute atomic E-state index is 0.0920. The van der Waals surface area contributed by atoms with Gasteiger partial charge in [-0.3, -0.25) is 0 Å². The van der Waals surface area contributed by atoms with Crippen molar-refractivity contribution < 1.29 is 4.79 Å². The predicted molar refractivity (Wildman–Crippen MR) is 95.7 cm³/mol. The second-order valence-corrected chi connectivity index (χ2v) is 6.55. The lowest BCUT2D eigenvalue weighted by atomic mass is 10.3. The number of rotatable bonds is 3. The molecular weight excluding hydrogens is 316 g/mol. The van der Waals surface area contributed by atoms with Gasteiger partial charge in [0, 0.05) is 38.3 Å².